The monoisotopic (exact) mass is 223 g/mol. The van der Waals surface area contributed by atoms with Gasteiger partial charge in [0, 0.05) is 6.42 Å². The lowest BCUT2D eigenvalue weighted by molar-refractivity contribution is 0.231. The van der Waals surface area contributed by atoms with Gasteiger partial charge in [0.25, 0.3) is 0 Å². The quantitative estimate of drug-likeness (QED) is 0.711. The van der Waals surface area contributed by atoms with Gasteiger partial charge in [0.15, 0.2) is 0 Å². The van der Waals surface area contributed by atoms with Crippen molar-refractivity contribution in [2.45, 2.75) is 19.4 Å². The molecule has 0 aromatic carbocycles. The van der Waals surface area contributed by atoms with Gasteiger partial charge in [-0.3, -0.25) is 0 Å². The van der Waals surface area contributed by atoms with E-state index in [2.05, 4.69) is 28.1 Å². The van der Waals surface area contributed by atoms with Crippen LogP contribution in [0.15, 0.2) is 10.6 Å². The predicted octanol–water partition coefficient (Wildman–Crippen LogP) is 1.32. The van der Waals surface area contributed by atoms with Crippen molar-refractivity contribution in [1.29, 1.82) is 0 Å². The van der Waals surface area contributed by atoms with E-state index in [0.29, 0.717) is 11.4 Å². The Morgan fingerprint density at radius 2 is 2.40 bits per heavy atom. The molecule has 10 heavy (non-hydrogen) atoms. The Bertz CT molecular complexity index is 154. The van der Waals surface area contributed by atoms with Crippen LogP contribution in [0.3, 0.4) is 0 Å². The molecule has 0 heterocycles. The summed E-state index contributed by atoms with van der Waals surface area (Å²) < 4.78 is 0.885. The summed E-state index contributed by atoms with van der Waals surface area (Å²) in [6.45, 7) is 1.84. The highest BCUT2D eigenvalue weighted by Crippen LogP contribution is 2.05. The van der Waals surface area contributed by atoms with Gasteiger partial charge in [0.05, 0.1) is 11.1 Å². The molecular formula is C6H10BrNOS. The summed E-state index contributed by atoms with van der Waals surface area (Å²) in [5.41, 5.74) is 5.20. The number of hydrogen-bond donors (Lipinski definition) is 2. The molecule has 0 spiro atoms. The number of thiocarbonyl (C=S) groups is 1. The van der Waals surface area contributed by atoms with E-state index in [9.17, 15) is 0 Å². The van der Waals surface area contributed by atoms with Crippen LogP contribution in [0, 0.1) is 0 Å². The lowest BCUT2D eigenvalue weighted by atomic mass is 10.2. The number of nitrogens with two attached hydrogens (primary N) is 1. The van der Waals surface area contributed by atoms with Crippen molar-refractivity contribution in [2.75, 3.05) is 0 Å². The largest absolute Gasteiger partial charge is 0.393 e. The summed E-state index contributed by atoms with van der Waals surface area (Å²) in [5, 5.41) is 9.12. The molecule has 0 radical (unpaired) electrons. The average molecular weight is 224 g/mol. The van der Waals surface area contributed by atoms with Crippen molar-refractivity contribution >= 4 is 33.1 Å². The lowest BCUT2D eigenvalue weighted by Gasteiger charge is -2.02. The Hall–Kier alpha value is 0.0700. The van der Waals surface area contributed by atoms with Crippen LogP contribution in [-0.2, 0) is 0 Å². The fourth-order valence-electron chi connectivity index (χ4n) is 0.530. The predicted molar refractivity (Wildman–Crippen MR) is 50.1 cm³/mol. The summed E-state index contributed by atoms with van der Waals surface area (Å²) in [4.78, 5) is 0.331. The van der Waals surface area contributed by atoms with Crippen LogP contribution >= 0.6 is 28.1 Å². The van der Waals surface area contributed by atoms with Gasteiger partial charge in [0.2, 0.25) is 0 Å². The van der Waals surface area contributed by atoms with E-state index in [1.807, 2.05) is 6.92 Å². The third-order valence-electron chi connectivity index (χ3n) is 0.832. The third-order valence-corrected chi connectivity index (χ3v) is 1.26. The highest BCUT2D eigenvalue weighted by atomic mass is 79.9. The van der Waals surface area contributed by atoms with Crippen LogP contribution in [0.25, 0.3) is 0 Å². The second-order valence-corrected chi connectivity index (χ2v) is 3.77. The first-order valence-electron chi connectivity index (χ1n) is 2.82. The molecule has 0 saturated carbocycles. The molecule has 0 unspecified atom stereocenters. The van der Waals surface area contributed by atoms with E-state index >= 15 is 0 Å². The van der Waals surface area contributed by atoms with Crippen molar-refractivity contribution in [1.82, 2.24) is 0 Å². The van der Waals surface area contributed by atoms with Crippen LogP contribution in [0.5, 0.6) is 0 Å². The third kappa shape index (κ3) is 6.19. The topological polar surface area (TPSA) is 46.2 Å². The molecule has 0 bridgehead atoms. The summed E-state index contributed by atoms with van der Waals surface area (Å²) in [6, 6.07) is 0. The zero-order chi connectivity index (χ0) is 8.15. The fraction of sp³-hybridized carbons (Fsp3) is 0.500. The molecule has 0 aromatic heterocycles. The normalized spacial score (nSPS) is 14.9. The molecule has 1 atom stereocenters. The second-order valence-electron chi connectivity index (χ2n) is 1.99. The first-order chi connectivity index (χ1) is 4.52. The van der Waals surface area contributed by atoms with Crippen molar-refractivity contribution < 1.29 is 5.11 Å². The second kappa shape index (κ2) is 4.82. The molecule has 0 fully saturated rings. The average Bonchev–Trinajstić information content (AvgIpc) is 1.58. The number of aliphatic hydroxyl groups excluding tert-OH is 1. The van der Waals surface area contributed by atoms with E-state index in [1.165, 1.54) is 0 Å². The molecule has 0 aliphatic carbocycles. The zero-order valence-electron chi connectivity index (χ0n) is 5.67. The molecule has 4 heteroatoms. The van der Waals surface area contributed by atoms with Crippen molar-refractivity contribution in [3.63, 3.8) is 0 Å². The Balaban J connectivity index is 3.75. The Kier molecular flexibility index (Phi) is 4.85. The van der Waals surface area contributed by atoms with Gasteiger partial charge < -0.3 is 10.8 Å². The minimum atomic E-state index is -0.558. The van der Waals surface area contributed by atoms with E-state index < -0.39 is 6.10 Å². The van der Waals surface area contributed by atoms with Crippen LogP contribution in [-0.4, -0.2) is 16.2 Å². The Morgan fingerprint density at radius 1 is 1.90 bits per heavy atom. The zero-order valence-corrected chi connectivity index (χ0v) is 8.08. The maximum absolute atomic E-state index is 9.12. The Morgan fingerprint density at radius 3 is 2.70 bits per heavy atom. The molecule has 0 aromatic rings. The van der Waals surface area contributed by atoms with Gasteiger partial charge >= 0.3 is 0 Å². The van der Waals surface area contributed by atoms with Crippen molar-refractivity contribution in [3.8, 4) is 0 Å². The maximum Gasteiger partial charge on any atom is 0.0794 e. The molecule has 3 N–H and O–H groups in total. The standard InChI is InChI=1S/C6H10BrNOS/c1-4(7)2-5(9)3-6(8)10/h2,5,9H,3H2,1H3,(H2,8,10)/b4-2+/t5-/m0/s1. The van der Waals surface area contributed by atoms with Gasteiger partial charge in [-0.05, 0) is 17.5 Å². The van der Waals surface area contributed by atoms with Gasteiger partial charge in [-0.1, -0.05) is 28.1 Å². The number of allylic oxidation sites excluding steroid dienone is 1. The summed E-state index contributed by atoms with van der Waals surface area (Å²) in [5.74, 6) is 0. The van der Waals surface area contributed by atoms with Crippen LogP contribution in [0.2, 0.25) is 0 Å². The molecule has 0 aliphatic rings. The van der Waals surface area contributed by atoms with Crippen LogP contribution in [0.1, 0.15) is 13.3 Å². The SMILES string of the molecule is C/C(Br)=C\[C@H](O)CC(N)=S. The molecule has 0 aliphatic heterocycles. The Labute approximate surface area is 74.2 Å². The minimum absolute atomic E-state index is 0.331. The smallest absolute Gasteiger partial charge is 0.0794 e. The van der Waals surface area contributed by atoms with E-state index in [1.54, 1.807) is 6.08 Å². The molecule has 0 amide bonds. The molecular weight excluding hydrogens is 214 g/mol. The summed E-state index contributed by atoms with van der Waals surface area (Å²) >= 11 is 7.78. The molecule has 0 saturated heterocycles. The molecule has 0 rings (SSSR count). The summed E-state index contributed by atoms with van der Waals surface area (Å²) in [6.07, 6.45) is 1.44. The fourth-order valence-corrected chi connectivity index (χ4v) is 1.01. The van der Waals surface area contributed by atoms with Crippen molar-refractivity contribution in [2.24, 2.45) is 5.73 Å². The first-order valence-corrected chi connectivity index (χ1v) is 4.03. The van der Waals surface area contributed by atoms with Gasteiger partial charge in [-0.15, -0.1) is 0 Å². The first kappa shape index (κ1) is 10.1. The number of hydrogen-bond acceptors (Lipinski definition) is 2. The number of aliphatic hydroxyl groups is 1. The minimum Gasteiger partial charge on any atom is -0.393 e. The number of rotatable bonds is 3. The van der Waals surface area contributed by atoms with Gasteiger partial charge in [0.1, 0.15) is 0 Å². The van der Waals surface area contributed by atoms with E-state index in [0.717, 1.165) is 4.48 Å². The van der Waals surface area contributed by atoms with Crippen LogP contribution in [0.4, 0.5) is 0 Å². The molecule has 2 nitrogen and oxygen atoms in total. The van der Waals surface area contributed by atoms with E-state index in [4.69, 9.17) is 10.8 Å². The molecule has 58 valence electrons. The van der Waals surface area contributed by atoms with Gasteiger partial charge in [-0.25, -0.2) is 0 Å². The van der Waals surface area contributed by atoms with E-state index in [-0.39, 0.29) is 0 Å². The van der Waals surface area contributed by atoms with Gasteiger partial charge in [-0.2, -0.15) is 0 Å². The van der Waals surface area contributed by atoms with Crippen molar-refractivity contribution in [3.05, 3.63) is 10.6 Å². The highest BCUT2D eigenvalue weighted by Gasteiger charge is 2.00. The summed E-state index contributed by atoms with van der Waals surface area (Å²) in [7, 11) is 0. The highest BCUT2D eigenvalue weighted by molar-refractivity contribution is 9.11. The van der Waals surface area contributed by atoms with Crippen LogP contribution < -0.4 is 5.73 Å². The lowest BCUT2D eigenvalue weighted by Crippen LogP contribution is -2.16. The maximum atomic E-state index is 9.12. The number of halogens is 1.